The molecule has 0 aliphatic rings. The van der Waals surface area contributed by atoms with E-state index >= 15 is 0 Å². The summed E-state index contributed by atoms with van der Waals surface area (Å²) < 4.78 is 41.0. The van der Waals surface area contributed by atoms with Gasteiger partial charge in [-0.15, -0.1) is 0 Å². The normalized spacial score (nSPS) is 13.9. The predicted octanol–water partition coefficient (Wildman–Crippen LogP) is 5.77. The Morgan fingerprint density at radius 3 is 1.00 bits per heavy atom. The Morgan fingerprint density at radius 2 is 0.750 bits per heavy atom. The third kappa shape index (κ3) is 18.6. The average molecular weight is 386 g/mol. The van der Waals surface area contributed by atoms with Gasteiger partial charge in [0, 0.05) is 14.2 Å². The Morgan fingerprint density at radius 1 is 0.500 bits per heavy atom. The van der Waals surface area contributed by atoms with Crippen molar-refractivity contribution in [3.05, 3.63) is 0 Å². The third-order valence-corrected chi connectivity index (χ3v) is 5.36. The van der Waals surface area contributed by atoms with Crippen LogP contribution in [0.3, 0.4) is 0 Å². The van der Waals surface area contributed by atoms with Gasteiger partial charge in [-0.1, -0.05) is 64.2 Å². The van der Waals surface area contributed by atoms with Crippen LogP contribution in [-0.4, -0.2) is 27.4 Å². The summed E-state index contributed by atoms with van der Waals surface area (Å²) in [7, 11) is -1.64. The smallest absolute Gasteiger partial charge is 0.314 e. The van der Waals surface area contributed by atoms with Crippen LogP contribution >= 0.6 is 16.5 Å². The summed E-state index contributed by atoms with van der Waals surface area (Å²) in [6.07, 6.45) is 14.4. The molecule has 146 valence electrons. The zero-order valence-electron chi connectivity index (χ0n) is 15.3. The Bertz CT molecular complexity index is 285. The van der Waals surface area contributed by atoms with Crippen LogP contribution in [0.25, 0.3) is 0 Å². The molecule has 0 aromatic carbocycles. The van der Waals surface area contributed by atoms with Crippen LogP contribution in [0, 0.1) is 0 Å². The van der Waals surface area contributed by atoms with Crippen molar-refractivity contribution in [1.29, 1.82) is 0 Å². The highest BCUT2D eigenvalue weighted by Crippen LogP contribution is 2.23. The molecule has 8 heteroatoms. The summed E-state index contributed by atoms with van der Waals surface area (Å²) in [5.74, 6) is 0. The first kappa shape index (κ1) is 24.3. The molecule has 0 saturated carbocycles. The SMILES string of the molecule is CO[PH](=O)OCCCCCCCCCCCCCCO[PH](=O)OC. The maximum atomic E-state index is 10.9. The second kappa shape index (κ2) is 19.6. The number of hydrogen-bond donors (Lipinski definition) is 0. The van der Waals surface area contributed by atoms with Gasteiger partial charge in [0.05, 0.1) is 13.2 Å². The van der Waals surface area contributed by atoms with E-state index in [0.29, 0.717) is 13.2 Å². The van der Waals surface area contributed by atoms with Crippen molar-refractivity contribution in [3.8, 4) is 0 Å². The molecule has 0 aromatic rings. The fraction of sp³-hybridized carbons (Fsp3) is 1.00. The van der Waals surface area contributed by atoms with Crippen LogP contribution < -0.4 is 0 Å². The molecular weight excluding hydrogens is 350 g/mol. The summed E-state index contributed by atoms with van der Waals surface area (Å²) in [5, 5.41) is 0. The molecule has 0 bridgehead atoms. The second-order valence-corrected chi connectivity index (χ2v) is 8.24. The van der Waals surface area contributed by atoms with E-state index in [4.69, 9.17) is 9.05 Å². The van der Waals surface area contributed by atoms with Gasteiger partial charge in [-0.2, -0.15) is 0 Å². The molecule has 0 rings (SSSR count). The predicted molar refractivity (Wildman–Crippen MR) is 99.3 cm³/mol. The molecule has 2 atom stereocenters. The van der Waals surface area contributed by atoms with Crippen LogP contribution in [0.4, 0.5) is 0 Å². The van der Waals surface area contributed by atoms with E-state index in [9.17, 15) is 9.13 Å². The molecule has 0 amide bonds. The minimum atomic E-state index is -2.23. The van der Waals surface area contributed by atoms with Gasteiger partial charge in [0.25, 0.3) is 0 Å². The minimum absolute atomic E-state index is 0.541. The van der Waals surface area contributed by atoms with Crippen LogP contribution in [0.2, 0.25) is 0 Å². The van der Waals surface area contributed by atoms with E-state index in [-0.39, 0.29) is 0 Å². The highest BCUT2D eigenvalue weighted by Gasteiger charge is 1.98. The minimum Gasteiger partial charge on any atom is -0.314 e. The molecule has 0 aromatic heterocycles. The lowest BCUT2D eigenvalue weighted by atomic mass is 10.1. The first-order valence-corrected chi connectivity index (χ1v) is 11.6. The summed E-state index contributed by atoms with van der Waals surface area (Å²) in [4.78, 5) is 0. The Labute approximate surface area is 148 Å². The standard InChI is InChI=1S/C16H36O6P2/c1-19-23(17)21-15-13-11-9-7-5-3-4-6-8-10-12-14-16-22-24(18)20-2/h23-24H,3-16H2,1-2H3. The highest BCUT2D eigenvalue weighted by molar-refractivity contribution is 7.33. The van der Waals surface area contributed by atoms with Gasteiger partial charge in [-0.25, -0.2) is 0 Å². The zero-order chi connectivity index (χ0) is 17.9. The van der Waals surface area contributed by atoms with Crippen LogP contribution in [0.15, 0.2) is 0 Å². The monoisotopic (exact) mass is 386 g/mol. The zero-order valence-corrected chi connectivity index (χ0v) is 17.3. The summed E-state index contributed by atoms with van der Waals surface area (Å²) in [6.45, 7) is 1.08. The maximum absolute atomic E-state index is 10.9. The van der Waals surface area contributed by atoms with Crippen molar-refractivity contribution in [2.75, 3.05) is 27.4 Å². The fourth-order valence-electron chi connectivity index (χ4n) is 2.40. The van der Waals surface area contributed by atoms with Gasteiger partial charge < -0.3 is 18.1 Å². The summed E-state index contributed by atoms with van der Waals surface area (Å²) >= 11 is 0. The highest BCUT2D eigenvalue weighted by atomic mass is 31.1. The van der Waals surface area contributed by atoms with Crippen molar-refractivity contribution in [3.63, 3.8) is 0 Å². The van der Waals surface area contributed by atoms with E-state index in [1.54, 1.807) is 0 Å². The Kier molecular flexibility index (Phi) is 19.9. The molecule has 0 radical (unpaired) electrons. The lowest BCUT2D eigenvalue weighted by Crippen LogP contribution is -1.89. The van der Waals surface area contributed by atoms with Crippen LogP contribution in [-0.2, 0) is 27.2 Å². The Balaban J connectivity index is 3.05. The third-order valence-electron chi connectivity index (χ3n) is 3.81. The lowest BCUT2D eigenvalue weighted by molar-refractivity contribution is 0.249. The molecule has 0 fully saturated rings. The number of rotatable bonds is 19. The van der Waals surface area contributed by atoms with Gasteiger partial charge in [-0.05, 0) is 12.8 Å². The molecular formula is C16H36O6P2. The summed E-state index contributed by atoms with van der Waals surface area (Å²) in [5.41, 5.74) is 0. The topological polar surface area (TPSA) is 71.1 Å². The quantitative estimate of drug-likeness (QED) is 0.207. The molecule has 0 N–H and O–H groups in total. The van der Waals surface area contributed by atoms with Crippen LogP contribution in [0.1, 0.15) is 77.0 Å². The van der Waals surface area contributed by atoms with Gasteiger partial charge in [0.15, 0.2) is 0 Å². The van der Waals surface area contributed by atoms with Gasteiger partial charge in [0.1, 0.15) is 0 Å². The van der Waals surface area contributed by atoms with E-state index in [1.807, 2.05) is 0 Å². The molecule has 6 nitrogen and oxygen atoms in total. The largest absolute Gasteiger partial charge is 0.318 e. The molecule has 0 aliphatic carbocycles. The van der Waals surface area contributed by atoms with E-state index in [2.05, 4.69) is 9.05 Å². The van der Waals surface area contributed by atoms with E-state index < -0.39 is 16.5 Å². The first-order valence-electron chi connectivity index (χ1n) is 9.12. The number of unbranched alkanes of at least 4 members (excludes halogenated alkanes) is 11. The lowest BCUT2D eigenvalue weighted by Gasteiger charge is -2.04. The summed E-state index contributed by atoms with van der Waals surface area (Å²) in [6, 6.07) is 0. The maximum Gasteiger partial charge on any atom is 0.318 e. The number of hydrogen-bond acceptors (Lipinski definition) is 6. The average Bonchev–Trinajstić information content (AvgIpc) is 2.60. The molecule has 0 spiro atoms. The molecule has 24 heavy (non-hydrogen) atoms. The Hall–Kier alpha value is 0.300. The second-order valence-electron chi connectivity index (χ2n) is 5.85. The van der Waals surface area contributed by atoms with Crippen LogP contribution in [0.5, 0.6) is 0 Å². The fourth-order valence-corrected chi connectivity index (χ4v) is 3.26. The van der Waals surface area contributed by atoms with Gasteiger partial charge in [0.2, 0.25) is 0 Å². The van der Waals surface area contributed by atoms with Crippen molar-refractivity contribution in [2.45, 2.75) is 77.0 Å². The van der Waals surface area contributed by atoms with Crippen molar-refractivity contribution < 1.29 is 27.2 Å². The molecule has 0 saturated heterocycles. The van der Waals surface area contributed by atoms with Gasteiger partial charge in [-0.3, -0.25) is 9.13 Å². The molecule has 2 unspecified atom stereocenters. The van der Waals surface area contributed by atoms with Crippen molar-refractivity contribution >= 4 is 16.5 Å². The molecule has 0 aliphatic heterocycles. The first-order chi connectivity index (χ1) is 11.7. The van der Waals surface area contributed by atoms with Crippen molar-refractivity contribution in [2.24, 2.45) is 0 Å². The van der Waals surface area contributed by atoms with E-state index in [0.717, 1.165) is 25.7 Å². The van der Waals surface area contributed by atoms with Crippen molar-refractivity contribution in [1.82, 2.24) is 0 Å². The van der Waals surface area contributed by atoms with Gasteiger partial charge >= 0.3 is 16.5 Å². The molecule has 0 heterocycles. The van der Waals surface area contributed by atoms with E-state index in [1.165, 1.54) is 65.6 Å².